The molecular weight excluding hydrogens is 415 g/mol. The Morgan fingerprint density at radius 1 is 1.13 bits per heavy atom. The fourth-order valence-electron chi connectivity index (χ4n) is 3.05. The van der Waals surface area contributed by atoms with Crippen molar-refractivity contribution in [1.29, 1.82) is 0 Å². The number of halogens is 3. The molecule has 9 heteroatoms. The molecule has 3 aromatic rings. The van der Waals surface area contributed by atoms with Crippen LogP contribution in [0.5, 0.6) is 0 Å². The molecule has 0 aliphatic carbocycles. The lowest BCUT2D eigenvalue weighted by molar-refractivity contribution is -0.137. The van der Waals surface area contributed by atoms with E-state index < -0.39 is 21.6 Å². The molecule has 0 aliphatic heterocycles. The smallest absolute Gasteiger partial charge is 0.378 e. The van der Waals surface area contributed by atoms with Gasteiger partial charge in [0.15, 0.2) is 9.84 Å². The van der Waals surface area contributed by atoms with Gasteiger partial charge < -0.3 is 9.88 Å². The van der Waals surface area contributed by atoms with Crippen molar-refractivity contribution in [3.8, 4) is 11.3 Å². The Morgan fingerprint density at radius 2 is 1.80 bits per heavy atom. The molecule has 1 N–H and O–H groups in total. The summed E-state index contributed by atoms with van der Waals surface area (Å²) in [5.74, 6) is -0.0244. The number of nitrogens with zero attached hydrogens (tertiary/aromatic N) is 2. The highest BCUT2D eigenvalue weighted by Crippen LogP contribution is 2.34. The normalized spacial score (nSPS) is 13.3. The number of aryl methyl sites for hydroxylation is 1. The molecule has 160 valence electrons. The van der Waals surface area contributed by atoms with E-state index in [2.05, 4.69) is 10.3 Å². The second-order valence-electron chi connectivity index (χ2n) is 7.02. The number of hydrogen-bond donors (Lipinski definition) is 1. The molecule has 0 radical (unpaired) electrons. The summed E-state index contributed by atoms with van der Waals surface area (Å²) in [6.07, 6.45) is -1.01. The van der Waals surface area contributed by atoms with E-state index in [1.165, 1.54) is 18.2 Å². The second-order valence-corrected chi connectivity index (χ2v) is 9.30. The lowest BCUT2D eigenvalue weighted by Crippen LogP contribution is -2.10. The Kier molecular flexibility index (Phi) is 5.94. The van der Waals surface area contributed by atoms with Crippen molar-refractivity contribution in [3.63, 3.8) is 0 Å². The highest BCUT2D eigenvalue weighted by molar-refractivity contribution is 7.91. The highest BCUT2D eigenvalue weighted by Gasteiger charge is 2.30. The molecule has 30 heavy (non-hydrogen) atoms. The molecule has 0 fully saturated rings. The molecule has 0 bridgehead atoms. The van der Waals surface area contributed by atoms with Crippen LogP contribution in [0.25, 0.3) is 11.3 Å². The average molecular weight is 437 g/mol. The third-order valence-corrected chi connectivity index (χ3v) is 6.55. The number of alkyl halides is 3. The SMILES string of the molecule is CCS(=O)(=O)c1ccc(N[C@@H](C)c2ccc(C(F)(F)F)cc2)c(-c2cn(C)cn2)c1. The van der Waals surface area contributed by atoms with Crippen LogP contribution in [0, 0.1) is 0 Å². The maximum absolute atomic E-state index is 12.8. The summed E-state index contributed by atoms with van der Waals surface area (Å²) < 4.78 is 64.8. The third-order valence-electron chi connectivity index (χ3n) is 4.82. The van der Waals surface area contributed by atoms with Crippen molar-refractivity contribution >= 4 is 15.5 Å². The largest absolute Gasteiger partial charge is 0.416 e. The molecule has 5 nitrogen and oxygen atoms in total. The van der Waals surface area contributed by atoms with Crippen LogP contribution in [0.15, 0.2) is 59.9 Å². The van der Waals surface area contributed by atoms with Crippen molar-refractivity contribution in [2.75, 3.05) is 11.1 Å². The fraction of sp³-hybridized carbons (Fsp3) is 0.286. The summed E-state index contributed by atoms with van der Waals surface area (Å²) in [7, 11) is -1.60. The van der Waals surface area contributed by atoms with Crippen molar-refractivity contribution < 1.29 is 21.6 Å². The summed E-state index contributed by atoms with van der Waals surface area (Å²) in [4.78, 5) is 4.51. The van der Waals surface area contributed by atoms with E-state index in [1.807, 2.05) is 6.92 Å². The summed E-state index contributed by atoms with van der Waals surface area (Å²) in [6.45, 7) is 3.40. The predicted molar refractivity (Wildman–Crippen MR) is 110 cm³/mol. The van der Waals surface area contributed by atoms with Crippen LogP contribution < -0.4 is 5.32 Å². The lowest BCUT2D eigenvalue weighted by Gasteiger charge is -2.19. The fourth-order valence-corrected chi connectivity index (χ4v) is 3.96. The van der Waals surface area contributed by atoms with Crippen LogP contribution in [0.3, 0.4) is 0 Å². The molecule has 0 spiro atoms. The van der Waals surface area contributed by atoms with Gasteiger partial charge >= 0.3 is 6.18 Å². The molecule has 0 saturated heterocycles. The Hall–Kier alpha value is -2.81. The molecule has 0 aliphatic rings. The summed E-state index contributed by atoms with van der Waals surface area (Å²) >= 11 is 0. The van der Waals surface area contributed by atoms with Gasteiger partial charge in [0.1, 0.15) is 0 Å². The molecule has 0 amide bonds. The number of nitrogens with one attached hydrogen (secondary N) is 1. The van der Waals surface area contributed by atoms with Crippen LogP contribution in [0.1, 0.15) is 31.0 Å². The Labute approximate surface area is 173 Å². The van der Waals surface area contributed by atoms with Gasteiger partial charge in [-0.15, -0.1) is 0 Å². The molecule has 2 aromatic carbocycles. The summed E-state index contributed by atoms with van der Waals surface area (Å²) in [6, 6.07) is 9.38. The van der Waals surface area contributed by atoms with Crippen molar-refractivity contribution in [2.45, 2.75) is 31.0 Å². The first-order chi connectivity index (χ1) is 14.0. The van der Waals surface area contributed by atoms with E-state index in [-0.39, 0.29) is 16.7 Å². The van der Waals surface area contributed by atoms with Gasteiger partial charge in [0, 0.05) is 30.5 Å². The Balaban J connectivity index is 1.96. The number of rotatable bonds is 6. The molecule has 0 saturated carbocycles. The van der Waals surface area contributed by atoms with Gasteiger partial charge in [-0.2, -0.15) is 13.2 Å². The van der Waals surface area contributed by atoms with E-state index in [4.69, 9.17) is 0 Å². The zero-order valence-electron chi connectivity index (χ0n) is 16.7. The molecule has 0 unspecified atom stereocenters. The number of benzene rings is 2. The lowest BCUT2D eigenvalue weighted by atomic mass is 10.0. The van der Waals surface area contributed by atoms with E-state index in [1.54, 1.807) is 43.2 Å². The summed E-state index contributed by atoms with van der Waals surface area (Å²) in [5, 5.41) is 3.26. The third kappa shape index (κ3) is 4.67. The minimum atomic E-state index is -4.39. The minimum Gasteiger partial charge on any atom is -0.378 e. The molecular formula is C21H22F3N3O2S. The van der Waals surface area contributed by atoms with Gasteiger partial charge in [-0.1, -0.05) is 19.1 Å². The number of imidazole rings is 1. The van der Waals surface area contributed by atoms with Gasteiger partial charge in [-0.25, -0.2) is 13.4 Å². The quantitative estimate of drug-likeness (QED) is 0.585. The van der Waals surface area contributed by atoms with Gasteiger partial charge in [-0.05, 0) is 42.8 Å². The Morgan fingerprint density at radius 3 is 2.33 bits per heavy atom. The van der Waals surface area contributed by atoms with Gasteiger partial charge in [0.05, 0.1) is 28.2 Å². The molecule has 1 heterocycles. The minimum absolute atomic E-state index is 0.0244. The molecule has 1 atom stereocenters. The van der Waals surface area contributed by atoms with E-state index in [0.29, 0.717) is 22.5 Å². The van der Waals surface area contributed by atoms with Crippen LogP contribution >= 0.6 is 0 Å². The zero-order valence-corrected chi connectivity index (χ0v) is 17.6. The van der Waals surface area contributed by atoms with Crippen molar-refractivity contribution in [3.05, 3.63) is 66.1 Å². The zero-order chi connectivity index (χ0) is 22.1. The number of aromatic nitrogens is 2. The number of sulfone groups is 1. The number of hydrogen-bond acceptors (Lipinski definition) is 4. The van der Waals surface area contributed by atoms with E-state index in [0.717, 1.165) is 12.1 Å². The topological polar surface area (TPSA) is 64.0 Å². The predicted octanol–water partition coefficient (Wildman–Crippen LogP) is 5.07. The van der Waals surface area contributed by atoms with E-state index >= 15 is 0 Å². The van der Waals surface area contributed by atoms with Crippen LogP contribution in [0.4, 0.5) is 18.9 Å². The molecule has 3 rings (SSSR count). The van der Waals surface area contributed by atoms with Crippen LogP contribution in [-0.4, -0.2) is 23.7 Å². The molecule has 1 aromatic heterocycles. The van der Waals surface area contributed by atoms with Crippen molar-refractivity contribution in [1.82, 2.24) is 9.55 Å². The highest BCUT2D eigenvalue weighted by atomic mass is 32.2. The Bertz CT molecular complexity index is 1140. The average Bonchev–Trinajstić information content (AvgIpc) is 3.13. The van der Waals surface area contributed by atoms with Crippen LogP contribution in [-0.2, 0) is 23.1 Å². The first kappa shape index (κ1) is 21.9. The van der Waals surface area contributed by atoms with Crippen LogP contribution in [0.2, 0.25) is 0 Å². The van der Waals surface area contributed by atoms with Gasteiger partial charge in [0.25, 0.3) is 0 Å². The first-order valence-corrected chi connectivity index (χ1v) is 11.0. The second kappa shape index (κ2) is 8.14. The van der Waals surface area contributed by atoms with Gasteiger partial charge in [0.2, 0.25) is 0 Å². The van der Waals surface area contributed by atoms with E-state index in [9.17, 15) is 21.6 Å². The van der Waals surface area contributed by atoms with Gasteiger partial charge in [-0.3, -0.25) is 0 Å². The summed E-state index contributed by atoms with van der Waals surface area (Å²) in [5.41, 5.74) is 1.79. The number of anilines is 1. The van der Waals surface area contributed by atoms with Crippen molar-refractivity contribution in [2.24, 2.45) is 7.05 Å². The monoisotopic (exact) mass is 437 g/mol. The first-order valence-electron chi connectivity index (χ1n) is 9.30. The maximum atomic E-state index is 12.8. The standard InChI is InChI=1S/C21H22F3N3O2S/c1-4-30(28,29)17-9-10-19(18(11-17)20-12-27(3)13-25-20)26-14(2)15-5-7-16(8-6-15)21(22,23)24/h5-14,26H,4H2,1-3H3/t14-/m0/s1. The maximum Gasteiger partial charge on any atom is 0.416 e.